The first kappa shape index (κ1) is 12.6. The van der Waals surface area contributed by atoms with E-state index in [0.29, 0.717) is 0 Å². The van der Waals surface area contributed by atoms with E-state index in [0.717, 1.165) is 5.56 Å². The molecular weight excluding hydrogens is 224 g/mol. The lowest BCUT2D eigenvalue weighted by atomic mass is 9.94. The molecule has 0 heterocycles. The fourth-order valence-electron chi connectivity index (χ4n) is 2.24. The summed E-state index contributed by atoms with van der Waals surface area (Å²) in [7, 11) is 1.43. The van der Waals surface area contributed by atoms with Crippen molar-refractivity contribution in [2.75, 3.05) is 7.11 Å². The van der Waals surface area contributed by atoms with Crippen LogP contribution in [0.1, 0.15) is 29.5 Å². The Labute approximate surface area is 108 Å². The van der Waals surface area contributed by atoms with Gasteiger partial charge >= 0.3 is 5.97 Å². The SMILES string of the molecule is COC(=O)[C@@H](C)c1ccc2c(C)ccc(C)c2c1. The van der Waals surface area contributed by atoms with Crippen LogP contribution >= 0.6 is 0 Å². The average molecular weight is 242 g/mol. The third kappa shape index (κ3) is 2.10. The average Bonchev–Trinajstić information content (AvgIpc) is 2.41. The standard InChI is InChI=1S/C16H18O2/c1-10-5-6-11(2)15-9-13(7-8-14(10)15)12(3)16(17)18-4/h5-9,12H,1-4H3/t12-/m0/s1. The van der Waals surface area contributed by atoms with Gasteiger partial charge in [0.1, 0.15) is 0 Å². The van der Waals surface area contributed by atoms with Crippen LogP contribution in [0.15, 0.2) is 30.3 Å². The van der Waals surface area contributed by atoms with Gasteiger partial charge in [-0.15, -0.1) is 0 Å². The van der Waals surface area contributed by atoms with Crippen LogP contribution in [-0.4, -0.2) is 13.1 Å². The zero-order valence-corrected chi connectivity index (χ0v) is 11.3. The number of benzene rings is 2. The van der Waals surface area contributed by atoms with Gasteiger partial charge in [-0.1, -0.05) is 30.3 Å². The summed E-state index contributed by atoms with van der Waals surface area (Å²) in [6.45, 7) is 6.07. The Kier molecular flexibility index (Phi) is 3.37. The molecule has 0 fully saturated rings. The van der Waals surface area contributed by atoms with Crippen molar-refractivity contribution in [2.24, 2.45) is 0 Å². The first-order valence-corrected chi connectivity index (χ1v) is 6.12. The molecule has 2 nitrogen and oxygen atoms in total. The Hall–Kier alpha value is -1.83. The molecule has 1 atom stereocenters. The molecule has 2 heteroatoms. The molecule has 2 aromatic carbocycles. The second kappa shape index (κ2) is 4.81. The first-order valence-electron chi connectivity index (χ1n) is 6.12. The van der Waals surface area contributed by atoms with Crippen molar-refractivity contribution in [3.63, 3.8) is 0 Å². The normalized spacial score (nSPS) is 12.4. The van der Waals surface area contributed by atoms with Crippen LogP contribution in [0.4, 0.5) is 0 Å². The van der Waals surface area contributed by atoms with Gasteiger partial charge in [-0.25, -0.2) is 0 Å². The zero-order chi connectivity index (χ0) is 13.3. The largest absolute Gasteiger partial charge is 0.469 e. The lowest BCUT2D eigenvalue weighted by Gasteiger charge is -2.12. The highest BCUT2D eigenvalue weighted by Gasteiger charge is 2.16. The second-order valence-corrected chi connectivity index (χ2v) is 4.75. The molecule has 0 aliphatic carbocycles. The highest BCUT2D eigenvalue weighted by Crippen LogP contribution is 2.26. The molecule has 0 aliphatic heterocycles. The van der Waals surface area contributed by atoms with E-state index < -0.39 is 0 Å². The summed E-state index contributed by atoms with van der Waals surface area (Å²) in [5, 5.41) is 2.46. The molecule has 0 saturated carbocycles. The van der Waals surface area contributed by atoms with Crippen LogP contribution in [0.2, 0.25) is 0 Å². The molecule has 2 aromatic rings. The van der Waals surface area contributed by atoms with E-state index in [1.54, 1.807) is 0 Å². The molecule has 0 unspecified atom stereocenters. The van der Waals surface area contributed by atoms with E-state index in [-0.39, 0.29) is 11.9 Å². The topological polar surface area (TPSA) is 26.3 Å². The number of esters is 1. The van der Waals surface area contributed by atoms with Crippen molar-refractivity contribution in [1.82, 2.24) is 0 Å². The van der Waals surface area contributed by atoms with Crippen LogP contribution in [0.3, 0.4) is 0 Å². The van der Waals surface area contributed by atoms with Crippen LogP contribution in [0.5, 0.6) is 0 Å². The van der Waals surface area contributed by atoms with Crippen LogP contribution in [0, 0.1) is 13.8 Å². The van der Waals surface area contributed by atoms with Crippen molar-refractivity contribution in [3.05, 3.63) is 47.0 Å². The van der Waals surface area contributed by atoms with E-state index in [1.807, 2.05) is 13.0 Å². The number of hydrogen-bond acceptors (Lipinski definition) is 2. The van der Waals surface area contributed by atoms with Crippen LogP contribution in [-0.2, 0) is 9.53 Å². The Morgan fingerprint density at radius 1 is 1.06 bits per heavy atom. The predicted octanol–water partition coefficient (Wildman–Crippen LogP) is 3.73. The first-order chi connectivity index (χ1) is 8.54. The summed E-state index contributed by atoms with van der Waals surface area (Å²) in [5.74, 6) is -0.418. The number of fused-ring (bicyclic) bond motifs is 1. The van der Waals surface area contributed by atoms with Crippen molar-refractivity contribution in [3.8, 4) is 0 Å². The molecule has 18 heavy (non-hydrogen) atoms. The third-order valence-corrected chi connectivity index (χ3v) is 3.53. The molecule has 0 radical (unpaired) electrons. The number of rotatable bonds is 2. The monoisotopic (exact) mass is 242 g/mol. The number of methoxy groups -OCH3 is 1. The maximum absolute atomic E-state index is 11.6. The minimum atomic E-state index is -0.223. The van der Waals surface area contributed by atoms with Gasteiger partial charge in [0.25, 0.3) is 0 Å². The molecule has 2 rings (SSSR count). The van der Waals surface area contributed by atoms with Crippen molar-refractivity contribution in [2.45, 2.75) is 26.7 Å². The maximum Gasteiger partial charge on any atom is 0.312 e. The van der Waals surface area contributed by atoms with Gasteiger partial charge in [0, 0.05) is 0 Å². The third-order valence-electron chi connectivity index (χ3n) is 3.53. The highest BCUT2D eigenvalue weighted by molar-refractivity contribution is 5.90. The minimum Gasteiger partial charge on any atom is -0.469 e. The summed E-state index contributed by atoms with van der Waals surface area (Å²) in [6.07, 6.45) is 0. The molecule has 0 amide bonds. The number of carbonyl (C=O) groups is 1. The second-order valence-electron chi connectivity index (χ2n) is 4.75. The van der Waals surface area contributed by atoms with E-state index in [9.17, 15) is 4.79 Å². The molecule has 0 N–H and O–H groups in total. The zero-order valence-electron chi connectivity index (χ0n) is 11.3. The van der Waals surface area contributed by atoms with E-state index in [1.165, 1.54) is 29.0 Å². The number of hydrogen-bond donors (Lipinski definition) is 0. The predicted molar refractivity (Wildman–Crippen MR) is 73.9 cm³/mol. The lowest BCUT2D eigenvalue weighted by molar-refractivity contribution is -0.141. The van der Waals surface area contributed by atoms with Gasteiger partial charge in [0.05, 0.1) is 13.0 Å². The summed E-state index contributed by atoms with van der Waals surface area (Å²) < 4.78 is 4.79. The summed E-state index contributed by atoms with van der Waals surface area (Å²) in [5.41, 5.74) is 3.49. The summed E-state index contributed by atoms with van der Waals surface area (Å²) in [6, 6.07) is 10.4. The smallest absolute Gasteiger partial charge is 0.312 e. The molecule has 0 bridgehead atoms. The van der Waals surface area contributed by atoms with Gasteiger partial charge in [-0.05, 0) is 48.2 Å². The Bertz CT molecular complexity index is 599. The van der Waals surface area contributed by atoms with E-state index in [4.69, 9.17) is 4.74 Å². The van der Waals surface area contributed by atoms with Gasteiger partial charge in [0.15, 0.2) is 0 Å². The van der Waals surface area contributed by atoms with Gasteiger partial charge in [-0.3, -0.25) is 4.79 Å². The lowest BCUT2D eigenvalue weighted by Crippen LogP contribution is -2.10. The number of ether oxygens (including phenoxy) is 1. The van der Waals surface area contributed by atoms with Crippen molar-refractivity contribution >= 4 is 16.7 Å². The number of carbonyl (C=O) groups excluding carboxylic acids is 1. The highest BCUT2D eigenvalue weighted by atomic mass is 16.5. The summed E-state index contributed by atoms with van der Waals surface area (Å²) >= 11 is 0. The molecule has 0 aromatic heterocycles. The Morgan fingerprint density at radius 2 is 1.67 bits per heavy atom. The fraction of sp³-hybridized carbons (Fsp3) is 0.312. The maximum atomic E-state index is 11.6. The Balaban J connectivity index is 2.57. The van der Waals surface area contributed by atoms with Gasteiger partial charge in [-0.2, -0.15) is 0 Å². The summed E-state index contributed by atoms with van der Waals surface area (Å²) in [4.78, 5) is 11.6. The van der Waals surface area contributed by atoms with Gasteiger partial charge in [0.2, 0.25) is 0 Å². The molecule has 0 aliphatic rings. The van der Waals surface area contributed by atoms with E-state index >= 15 is 0 Å². The molecule has 94 valence electrons. The van der Waals surface area contributed by atoms with E-state index in [2.05, 4.69) is 38.1 Å². The van der Waals surface area contributed by atoms with Crippen LogP contribution in [0.25, 0.3) is 10.8 Å². The molecule has 0 saturated heterocycles. The molecule has 0 spiro atoms. The number of aryl methyl sites for hydroxylation is 2. The quantitative estimate of drug-likeness (QED) is 0.750. The van der Waals surface area contributed by atoms with Crippen molar-refractivity contribution < 1.29 is 9.53 Å². The van der Waals surface area contributed by atoms with Crippen LogP contribution < -0.4 is 0 Å². The van der Waals surface area contributed by atoms with Crippen molar-refractivity contribution in [1.29, 1.82) is 0 Å². The minimum absolute atomic E-state index is 0.195. The molecular formula is C16H18O2. The fourth-order valence-corrected chi connectivity index (χ4v) is 2.24. The van der Waals surface area contributed by atoms with Gasteiger partial charge < -0.3 is 4.74 Å². The Morgan fingerprint density at radius 3 is 2.28 bits per heavy atom.